The summed E-state index contributed by atoms with van der Waals surface area (Å²) in [5, 5.41) is 45.7. The Morgan fingerprint density at radius 2 is 1.88 bits per heavy atom. The molecule has 2 aliphatic heterocycles. The highest BCUT2D eigenvalue weighted by molar-refractivity contribution is 6.31. The molecule has 2 bridgehead atoms. The van der Waals surface area contributed by atoms with Gasteiger partial charge in [0.25, 0.3) is 0 Å². The molecule has 2 aromatic carbocycles. The average molecular weight is 464 g/mol. The van der Waals surface area contributed by atoms with Crippen LogP contribution >= 0.6 is 11.6 Å². The van der Waals surface area contributed by atoms with Gasteiger partial charge in [-0.2, -0.15) is 0 Å². The van der Waals surface area contributed by atoms with E-state index in [0.29, 0.717) is 17.0 Å². The first kappa shape index (κ1) is 23.1. The zero-order valence-corrected chi connectivity index (χ0v) is 18.5. The van der Waals surface area contributed by atoms with Crippen LogP contribution in [0.5, 0.6) is 0 Å². The Morgan fingerprint density at radius 3 is 2.53 bits per heavy atom. The van der Waals surface area contributed by atoms with Gasteiger partial charge in [-0.15, -0.1) is 0 Å². The normalized spacial score (nSPS) is 32.2. The topological polar surface area (TPSA) is 121 Å². The van der Waals surface area contributed by atoms with Crippen LogP contribution in [0.4, 0.5) is 0 Å². The molecule has 0 amide bonds. The summed E-state index contributed by atoms with van der Waals surface area (Å²) in [4.78, 5) is 4.81. The third kappa shape index (κ3) is 3.72. The van der Waals surface area contributed by atoms with Crippen LogP contribution < -0.4 is 0 Å². The second kappa shape index (κ2) is 8.72. The molecule has 4 N–H and O–H groups in total. The van der Waals surface area contributed by atoms with E-state index >= 15 is 0 Å². The van der Waals surface area contributed by atoms with Crippen molar-refractivity contribution in [3.63, 3.8) is 0 Å². The molecule has 9 heteroatoms. The summed E-state index contributed by atoms with van der Waals surface area (Å²) in [7, 11) is 1.50. The van der Waals surface area contributed by atoms with Gasteiger partial charge in [0.05, 0.1) is 18.9 Å². The van der Waals surface area contributed by atoms with E-state index in [9.17, 15) is 20.4 Å². The zero-order valence-electron chi connectivity index (χ0n) is 17.7. The molecule has 0 saturated carbocycles. The number of benzene rings is 2. The lowest BCUT2D eigenvalue weighted by Gasteiger charge is -2.46. The molecule has 2 aromatic rings. The molecular weight excluding hydrogens is 438 g/mol. The highest BCUT2D eigenvalue weighted by Gasteiger charge is 2.67. The first-order chi connectivity index (χ1) is 15.3. The predicted octanol–water partition coefficient (Wildman–Crippen LogP) is 1.33. The smallest absolute Gasteiger partial charge is 0.225 e. The van der Waals surface area contributed by atoms with Crippen LogP contribution in [0.25, 0.3) is 0 Å². The van der Waals surface area contributed by atoms with Gasteiger partial charge in [-0.25, -0.2) is 0 Å². The minimum absolute atomic E-state index is 0.180. The number of oxime groups is 1. The van der Waals surface area contributed by atoms with Gasteiger partial charge in [0.1, 0.15) is 31.0 Å². The lowest BCUT2D eigenvalue weighted by atomic mass is 9.83. The highest BCUT2D eigenvalue weighted by atomic mass is 35.5. The summed E-state index contributed by atoms with van der Waals surface area (Å²) in [6, 6.07) is 12.8. The summed E-state index contributed by atoms with van der Waals surface area (Å²) in [6.07, 6.45) is -4.11. The van der Waals surface area contributed by atoms with Crippen molar-refractivity contribution < 1.29 is 34.7 Å². The molecule has 0 radical (unpaired) electrons. The summed E-state index contributed by atoms with van der Waals surface area (Å²) in [5.41, 5.74) is 2.36. The van der Waals surface area contributed by atoms with Gasteiger partial charge in [0.15, 0.2) is 0 Å². The average Bonchev–Trinajstić information content (AvgIpc) is 3.19. The number of aliphatic hydroxyl groups excluding tert-OH is 4. The van der Waals surface area contributed by atoms with Gasteiger partial charge in [-0.05, 0) is 42.2 Å². The number of fused-ring (bicyclic) bond motifs is 2. The quantitative estimate of drug-likeness (QED) is 0.376. The molecule has 0 unspecified atom stereocenters. The maximum atomic E-state index is 10.7. The van der Waals surface area contributed by atoms with Crippen molar-refractivity contribution in [1.82, 2.24) is 0 Å². The molecule has 0 aliphatic carbocycles. The fourth-order valence-electron chi connectivity index (χ4n) is 4.28. The minimum atomic E-state index is -1.72. The SMILES string of the molecule is CO/N=C(\C)c1ccc(Cc2cc([C@]34OC[C@](CO)(O3)[C@@H](O)[C@H](O)[C@H]4O)ccc2Cl)cc1. The predicted molar refractivity (Wildman–Crippen MR) is 116 cm³/mol. The van der Waals surface area contributed by atoms with Crippen molar-refractivity contribution in [2.24, 2.45) is 5.16 Å². The minimum Gasteiger partial charge on any atom is -0.399 e. The fourth-order valence-corrected chi connectivity index (χ4v) is 4.46. The number of ether oxygens (including phenoxy) is 2. The van der Waals surface area contributed by atoms with Crippen LogP contribution in [0.15, 0.2) is 47.6 Å². The largest absolute Gasteiger partial charge is 0.399 e. The Bertz CT molecular complexity index is 1010. The molecule has 8 nitrogen and oxygen atoms in total. The standard InChI is InChI=1S/C23H26ClNO7/c1-13(25-30-2)15-5-3-14(4-6-15)9-16-10-17(7-8-18(16)24)23-21(29)19(27)20(28)22(11-26,32-23)12-31-23/h3-8,10,19-21,26-29H,9,11-12H2,1-2H3/b25-13+/t19-,20-,21+,22-,23-/m0/s1. The number of halogens is 1. The van der Waals surface area contributed by atoms with Crippen LogP contribution in [0.1, 0.15) is 29.2 Å². The van der Waals surface area contributed by atoms with Gasteiger partial charge in [0.2, 0.25) is 5.79 Å². The molecule has 32 heavy (non-hydrogen) atoms. The Balaban J connectivity index is 1.64. The molecule has 4 rings (SSSR count). The molecule has 2 aliphatic rings. The van der Waals surface area contributed by atoms with Gasteiger partial charge >= 0.3 is 0 Å². The van der Waals surface area contributed by atoms with E-state index in [1.807, 2.05) is 31.2 Å². The Morgan fingerprint density at radius 1 is 1.16 bits per heavy atom. The van der Waals surface area contributed by atoms with E-state index in [2.05, 4.69) is 5.16 Å². The number of hydrogen-bond acceptors (Lipinski definition) is 8. The van der Waals surface area contributed by atoms with E-state index in [1.165, 1.54) is 7.11 Å². The number of rotatable bonds is 6. The molecular formula is C23H26ClNO7. The molecule has 0 aromatic heterocycles. The van der Waals surface area contributed by atoms with Crippen LogP contribution in [0.3, 0.4) is 0 Å². The molecule has 2 heterocycles. The Labute approximate surface area is 190 Å². The van der Waals surface area contributed by atoms with Crippen molar-refractivity contribution in [2.45, 2.75) is 43.0 Å². The monoisotopic (exact) mass is 463 g/mol. The first-order valence-corrected chi connectivity index (χ1v) is 10.6. The lowest BCUT2D eigenvalue weighted by molar-refractivity contribution is -0.329. The third-order valence-electron chi connectivity index (χ3n) is 6.17. The molecule has 5 atom stereocenters. The molecule has 2 saturated heterocycles. The second-order valence-corrected chi connectivity index (χ2v) is 8.61. The van der Waals surface area contributed by atoms with Crippen LogP contribution in [0, 0.1) is 0 Å². The summed E-state index contributed by atoms with van der Waals surface area (Å²) in [6.45, 7) is 1.10. The van der Waals surface area contributed by atoms with Gasteiger partial charge in [-0.1, -0.05) is 47.1 Å². The van der Waals surface area contributed by atoms with Crippen LogP contribution in [-0.2, 0) is 26.5 Å². The number of nitrogens with zero attached hydrogens (tertiary/aromatic N) is 1. The van der Waals surface area contributed by atoms with Gasteiger partial charge < -0.3 is 34.7 Å². The van der Waals surface area contributed by atoms with Crippen molar-refractivity contribution in [1.29, 1.82) is 0 Å². The maximum Gasteiger partial charge on any atom is 0.225 e. The summed E-state index contributed by atoms with van der Waals surface area (Å²) < 4.78 is 11.7. The fraction of sp³-hybridized carbons (Fsp3) is 0.435. The molecule has 2 fully saturated rings. The third-order valence-corrected chi connectivity index (χ3v) is 6.54. The van der Waals surface area contributed by atoms with Crippen molar-refractivity contribution in [3.05, 3.63) is 69.7 Å². The maximum absolute atomic E-state index is 10.7. The van der Waals surface area contributed by atoms with Gasteiger partial charge in [0, 0.05) is 10.6 Å². The van der Waals surface area contributed by atoms with E-state index in [-0.39, 0.29) is 6.61 Å². The lowest BCUT2D eigenvalue weighted by Crippen LogP contribution is -2.65. The first-order valence-electron chi connectivity index (χ1n) is 10.2. The second-order valence-electron chi connectivity index (χ2n) is 8.20. The van der Waals surface area contributed by atoms with E-state index in [0.717, 1.165) is 22.4 Å². The molecule has 172 valence electrons. The van der Waals surface area contributed by atoms with Crippen molar-refractivity contribution >= 4 is 17.3 Å². The summed E-state index contributed by atoms with van der Waals surface area (Å²) in [5.74, 6) is -1.72. The van der Waals surface area contributed by atoms with Crippen molar-refractivity contribution in [2.75, 3.05) is 20.3 Å². The Kier molecular flexibility index (Phi) is 6.30. The van der Waals surface area contributed by atoms with Crippen LogP contribution in [-0.4, -0.2) is 70.4 Å². The van der Waals surface area contributed by atoms with Gasteiger partial charge in [-0.3, -0.25) is 0 Å². The molecule has 0 spiro atoms. The number of hydrogen-bond donors (Lipinski definition) is 4. The van der Waals surface area contributed by atoms with E-state index < -0.39 is 36.3 Å². The Hall–Kier alpha value is -2.04. The number of aliphatic hydroxyl groups is 4. The van der Waals surface area contributed by atoms with Crippen LogP contribution in [0.2, 0.25) is 5.02 Å². The highest BCUT2D eigenvalue weighted by Crippen LogP contribution is 2.49. The van der Waals surface area contributed by atoms with E-state index in [4.69, 9.17) is 25.9 Å². The zero-order chi connectivity index (χ0) is 23.1. The summed E-state index contributed by atoms with van der Waals surface area (Å²) >= 11 is 6.44. The van der Waals surface area contributed by atoms with Crippen molar-refractivity contribution in [3.8, 4) is 0 Å². The van der Waals surface area contributed by atoms with E-state index in [1.54, 1.807) is 18.2 Å².